The van der Waals surface area contributed by atoms with Crippen LogP contribution < -0.4 is 20.1 Å². The van der Waals surface area contributed by atoms with Crippen molar-refractivity contribution in [1.29, 1.82) is 0 Å². The Labute approximate surface area is 180 Å². The fourth-order valence-electron chi connectivity index (χ4n) is 3.62. The molecule has 1 unspecified atom stereocenters. The van der Waals surface area contributed by atoms with E-state index in [2.05, 4.69) is 77.9 Å². The molecule has 0 aliphatic carbocycles. The molecule has 0 bridgehead atoms. The van der Waals surface area contributed by atoms with E-state index in [1.54, 1.807) is 7.05 Å². The van der Waals surface area contributed by atoms with Gasteiger partial charge >= 0.3 is 0 Å². The van der Waals surface area contributed by atoms with E-state index >= 15 is 0 Å². The molecule has 1 heterocycles. The molecule has 30 heavy (non-hydrogen) atoms. The number of ether oxygens (including phenoxy) is 2. The van der Waals surface area contributed by atoms with Gasteiger partial charge in [0.05, 0.1) is 6.61 Å². The third kappa shape index (κ3) is 5.89. The first kappa shape index (κ1) is 22.0. The molecule has 2 aromatic carbocycles. The second kappa shape index (κ2) is 10.3. The quantitative estimate of drug-likeness (QED) is 0.516. The van der Waals surface area contributed by atoms with Gasteiger partial charge in [-0.1, -0.05) is 24.3 Å². The molecule has 0 amide bonds. The zero-order valence-electron chi connectivity index (χ0n) is 18.8. The highest BCUT2D eigenvalue weighted by Gasteiger charge is 2.21. The van der Waals surface area contributed by atoms with Crippen LogP contribution in [0.1, 0.15) is 36.1 Å². The summed E-state index contributed by atoms with van der Waals surface area (Å²) < 4.78 is 11.8. The summed E-state index contributed by atoms with van der Waals surface area (Å²) in [4.78, 5) is 6.52. The Balaban J connectivity index is 1.58. The van der Waals surface area contributed by atoms with Crippen LogP contribution in [0.25, 0.3) is 0 Å². The van der Waals surface area contributed by atoms with Crippen LogP contribution in [-0.2, 0) is 26.1 Å². The number of guanidine groups is 1. The summed E-state index contributed by atoms with van der Waals surface area (Å²) >= 11 is 0. The van der Waals surface area contributed by atoms with Crippen LogP contribution in [0.4, 0.5) is 0 Å². The van der Waals surface area contributed by atoms with Crippen LogP contribution in [0, 0.1) is 0 Å². The van der Waals surface area contributed by atoms with Gasteiger partial charge in [0.25, 0.3) is 0 Å². The molecule has 0 spiro atoms. The van der Waals surface area contributed by atoms with Gasteiger partial charge in [-0.2, -0.15) is 0 Å². The van der Waals surface area contributed by atoms with Crippen molar-refractivity contribution in [3.63, 3.8) is 0 Å². The molecule has 2 aromatic rings. The third-order valence-electron chi connectivity index (χ3n) is 5.03. The molecule has 3 rings (SSSR count). The van der Waals surface area contributed by atoms with E-state index in [0.29, 0.717) is 19.7 Å². The van der Waals surface area contributed by atoms with Gasteiger partial charge in [-0.25, -0.2) is 0 Å². The van der Waals surface area contributed by atoms with Crippen molar-refractivity contribution in [1.82, 2.24) is 15.5 Å². The largest absolute Gasteiger partial charge is 0.494 e. The van der Waals surface area contributed by atoms with Crippen molar-refractivity contribution >= 4 is 5.96 Å². The van der Waals surface area contributed by atoms with Crippen LogP contribution in [0.2, 0.25) is 0 Å². The highest BCUT2D eigenvalue weighted by atomic mass is 16.5. The zero-order chi connectivity index (χ0) is 21.5. The lowest BCUT2D eigenvalue weighted by Crippen LogP contribution is -2.36. The van der Waals surface area contributed by atoms with Gasteiger partial charge in [-0.15, -0.1) is 0 Å². The number of hydrogen-bond acceptors (Lipinski definition) is 4. The average molecular weight is 411 g/mol. The maximum atomic E-state index is 5.92. The van der Waals surface area contributed by atoms with Gasteiger partial charge in [0.2, 0.25) is 0 Å². The Hall–Kier alpha value is -2.73. The lowest BCUT2D eigenvalue weighted by Gasteiger charge is -2.16. The van der Waals surface area contributed by atoms with Crippen molar-refractivity contribution < 1.29 is 9.47 Å². The molecule has 0 fully saturated rings. The third-order valence-corrected chi connectivity index (χ3v) is 5.03. The zero-order valence-corrected chi connectivity index (χ0v) is 18.8. The maximum Gasteiger partial charge on any atom is 0.191 e. The van der Waals surface area contributed by atoms with Crippen LogP contribution in [0.5, 0.6) is 11.5 Å². The number of fused-ring (bicyclic) bond motifs is 1. The molecule has 0 radical (unpaired) electrons. The smallest absolute Gasteiger partial charge is 0.191 e. The Bertz CT molecular complexity index is 862. The average Bonchev–Trinajstić information content (AvgIpc) is 3.08. The first-order valence-electron chi connectivity index (χ1n) is 10.6. The lowest BCUT2D eigenvalue weighted by molar-refractivity contribution is 0.254. The van der Waals surface area contributed by atoms with Gasteiger partial charge < -0.3 is 25.0 Å². The molecule has 6 heteroatoms. The van der Waals surface area contributed by atoms with Crippen molar-refractivity contribution in [2.45, 2.75) is 46.0 Å². The van der Waals surface area contributed by atoms with E-state index in [1.165, 1.54) is 16.7 Å². The summed E-state index contributed by atoms with van der Waals surface area (Å²) in [7, 11) is 5.94. The van der Waals surface area contributed by atoms with Gasteiger partial charge in [0.1, 0.15) is 17.6 Å². The van der Waals surface area contributed by atoms with Gasteiger partial charge in [0.15, 0.2) is 5.96 Å². The van der Waals surface area contributed by atoms with E-state index in [0.717, 1.165) is 36.0 Å². The first-order chi connectivity index (χ1) is 14.5. The number of nitrogens with one attached hydrogen (secondary N) is 2. The standard InChI is InChI=1S/C24H34N4O2/c1-6-29-22-12-20-11-17(2)30-23(20)13-21(22)15-27-24(25-3)26-14-18-7-9-19(10-8-18)16-28(4)5/h7-10,12-13,17H,6,11,14-16H2,1-5H3,(H2,25,26,27). The molecule has 0 saturated carbocycles. The Morgan fingerprint density at radius 2 is 1.83 bits per heavy atom. The molecular formula is C24H34N4O2. The topological polar surface area (TPSA) is 58.1 Å². The van der Waals surface area contributed by atoms with E-state index in [1.807, 2.05) is 6.92 Å². The Morgan fingerprint density at radius 1 is 1.13 bits per heavy atom. The normalized spacial score (nSPS) is 15.7. The predicted molar refractivity (Wildman–Crippen MR) is 122 cm³/mol. The Kier molecular flexibility index (Phi) is 7.57. The SMILES string of the molecule is CCOc1cc2c(cc1CNC(=NC)NCc1ccc(CN(C)C)cc1)OC(C)C2. The second-order valence-corrected chi connectivity index (χ2v) is 7.97. The number of hydrogen-bond donors (Lipinski definition) is 2. The summed E-state index contributed by atoms with van der Waals surface area (Å²) in [6.07, 6.45) is 1.15. The molecule has 1 aliphatic rings. The van der Waals surface area contributed by atoms with Crippen LogP contribution >= 0.6 is 0 Å². The number of benzene rings is 2. The van der Waals surface area contributed by atoms with E-state index in [4.69, 9.17) is 9.47 Å². The van der Waals surface area contributed by atoms with Crippen LogP contribution in [0.15, 0.2) is 41.4 Å². The molecule has 1 aliphatic heterocycles. The van der Waals surface area contributed by atoms with E-state index in [9.17, 15) is 0 Å². The van der Waals surface area contributed by atoms with Crippen molar-refractivity contribution in [2.24, 2.45) is 4.99 Å². The summed E-state index contributed by atoms with van der Waals surface area (Å²) in [5.74, 6) is 2.63. The molecule has 1 atom stereocenters. The predicted octanol–water partition coefficient (Wildman–Crippen LogP) is 3.34. The molecule has 6 nitrogen and oxygen atoms in total. The van der Waals surface area contributed by atoms with Gasteiger partial charge in [0, 0.05) is 44.2 Å². The van der Waals surface area contributed by atoms with E-state index < -0.39 is 0 Å². The van der Waals surface area contributed by atoms with Crippen molar-refractivity contribution in [3.05, 3.63) is 58.7 Å². The van der Waals surface area contributed by atoms with Crippen LogP contribution in [-0.4, -0.2) is 44.7 Å². The van der Waals surface area contributed by atoms with Crippen molar-refractivity contribution in [3.8, 4) is 11.5 Å². The summed E-state index contributed by atoms with van der Waals surface area (Å²) in [5.41, 5.74) is 4.81. The monoisotopic (exact) mass is 410 g/mol. The molecule has 2 N–H and O–H groups in total. The van der Waals surface area contributed by atoms with E-state index in [-0.39, 0.29) is 6.10 Å². The highest BCUT2D eigenvalue weighted by Crippen LogP contribution is 2.35. The Morgan fingerprint density at radius 3 is 2.50 bits per heavy atom. The second-order valence-electron chi connectivity index (χ2n) is 7.97. The lowest BCUT2D eigenvalue weighted by atomic mass is 10.1. The fraction of sp³-hybridized carbons (Fsp3) is 0.458. The number of rotatable bonds is 8. The highest BCUT2D eigenvalue weighted by molar-refractivity contribution is 5.79. The minimum Gasteiger partial charge on any atom is -0.494 e. The number of aliphatic imine (C=N–C) groups is 1. The molecule has 162 valence electrons. The minimum atomic E-state index is 0.219. The number of nitrogens with zero attached hydrogens (tertiary/aromatic N) is 2. The molecule has 0 saturated heterocycles. The van der Waals surface area contributed by atoms with Crippen molar-refractivity contribution in [2.75, 3.05) is 27.7 Å². The molecule has 0 aromatic heterocycles. The summed E-state index contributed by atoms with van der Waals surface area (Å²) in [6.45, 7) is 7.01. The van der Waals surface area contributed by atoms with Gasteiger partial charge in [-0.3, -0.25) is 4.99 Å². The first-order valence-corrected chi connectivity index (χ1v) is 10.6. The fourth-order valence-corrected chi connectivity index (χ4v) is 3.62. The minimum absolute atomic E-state index is 0.219. The summed E-state index contributed by atoms with van der Waals surface area (Å²) in [6, 6.07) is 12.9. The maximum absolute atomic E-state index is 5.92. The van der Waals surface area contributed by atoms with Crippen LogP contribution in [0.3, 0.4) is 0 Å². The molecular weight excluding hydrogens is 376 g/mol. The summed E-state index contributed by atoms with van der Waals surface area (Å²) in [5, 5.41) is 6.77. The van der Waals surface area contributed by atoms with Gasteiger partial charge in [-0.05, 0) is 51.2 Å².